The van der Waals surface area contributed by atoms with E-state index in [0.717, 1.165) is 56.6 Å². The van der Waals surface area contributed by atoms with Gasteiger partial charge < -0.3 is 19.3 Å². The summed E-state index contributed by atoms with van der Waals surface area (Å²) in [6.45, 7) is 6.60. The van der Waals surface area contributed by atoms with Gasteiger partial charge in [0.2, 0.25) is 0 Å². The van der Waals surface area contributed by atoms with Gasteiger partial charge in [0.25, 0.3) is 0 Å². The first-order chi connectivity index (χ1) is 17.2. The normalized spacial score (nSPS) is 17.9. The van der Waals surface area contributed by atoms with E-state index in [-0.39, 0.29) is 18.3 Å². The van der Waals surface area contributed by atoms with Crippen molar-refractivity contribution < 1.29 is 27.4 Å². The largest absolute Gasteiger partial charge is 0.441 e. The number of nitrogens with zero attached hydrogens (tertiary/aromatic N) is 3. The lowest BCUT2D eigenvalue weighted by Gasteiger charge is -2.37. The number of alkyl halides is 3. The Morgan fingerprint density at radius 3 is 2.61 bits per heavy atom. The Morgan fingerprint density at radius 1 is 1.17 bits per heavy atom. The number of hydrogen-bond donors (Lipinski definition) is 0. The minimum Gasteiger partial charge on any atom is -0.441 e. The van der Waals surface area contributed by atoms with Crippen molar-refractivity contribution in [1.29, 1.82) is 5.26 Å². The third kappa shape index (κ3) is 6.00. The van der Waals surface area contributed by atoms with Crippen molar-refractivity contribution in [2.24, 2.45) is 0 Å². The first kappa shape index (κ1) is 26.0. The number of carbonyl (C=O) groups excluding carboxylic acids is 1. The molecule has 0 unspecified atom stereocenters. The SMILES string of the molecule is CCN1CC2(CCN(CCCOCc3ccc(C#N)cc3-c3cccc(C(F)(F)F)c3)CC2)OC1=O. The lowest BCUT2D eigenvalue weighted by atomic mass is 9.91. The van der Waals surface area contributed by atoms with Crippen molar-refractivity contribution in [3.8, 4) is 17.2 Å². The van der Waals surface area contributed by atoms with Crippen LogP contribution in [0, 0.1) is 11.3 Å². The molecule has 0 aromatic heterocycles. The fraction of sp³-hybridized carbons (Fsp3) is 0.481. The second-order valence-corrected chi connectivity index (χ2v) is 9.38. The van der Waals surface area contributed by atoms with Crippen molar-refractivity contribution in [1.82, 2.24) is 9.80 Å². The average Bonchev–Trinajstić information content (AvgIpc) is 3.19. The van der Waals surface area contributed by atoms with Crippen LogP contribution in [0.3, 0.4) is 0 Å². The first-order valence-electron chi connectivity index (χ1n) is 12.2. The molecule has 4 rings (SSSR count). The second kappa shape index (κ2) is 10.9. The number of amides is 1. The van der Waals surface area contributed by atoms with Crippen LogP contribution in [0.15, 0.2) is 42.5 Å². The van der Waals surface area contributed by atoms with Crippen molar-refractivity contribution >= 4 is 6.09 Å². The maximum atomic E-state index is 13.2. The van der Waals surface area contributed by atoms with Crippen LogP contribution in [0.2, 0.25) is 0 Å². The molecule has 2 aromatic rings. The van der Waals surface area contributed by atoms with Gasteiger partial charge in [-0.25, -0.2) is 4.79 Å². The lowest BCUT2D eigenvalue weighted by Crippen LogP contribution is -2.47. The van der Waals surface area contributed by atoms with Crippen LogP contribution in [0.1, 0.15) is 42.9 Å². The Balaban J connectivity index is 1.29. The molecule has 192 valence electrons. The zero-order valence-electron chi connectivity index (χ0n) is 20.3. The van der Waals surface area contributed by atoms with Crippen LogP contribution >= 0.6 is 0 Å². The molecular weight excluding hydrogens is 471 g/mol. The quantitative estimate of drug-likeness (QED) is 0.450. The zero-order chi connectivity index (χ0) is 25.8. The Bertz CT molecular complexity index is 1120. The number of hydrogen-bond acceptors (Lipinski definition) is 5. The predicted octanol–water partition coefficient (Wildman–Crippen LogP) is 5.46. The van der Waals surface area contributed by atoms with Gasteiger partial charge in [0, 0.05) is 45.6 Å². The fourth-order valence-electron chi connectivity index (χ4n) is 4.86. The van der Waals surface area contributed by atoms with Gasteiger partial charge in [0.1, 0.15) is 5.60 Å². The highest BCUT2D eigenvalue weighted by molar-refractivity contribution is 5.71. The van der Waals surface area contributed by atoms with Gasteiger partial charge in [-0.2, -0.15) is 18.4 Å². The average molecular weight is 502 g/mol. The van der Waals surface area contributed by atoms with E-state index in [1.54, 1.807) is 29.2 Å². The molecule has 2 aliphatic rings. The summed E-state index contributed by atoms with van der Waals surface area (Å²) in [5.74, 6) is 0. The maximum absolute atomic E-state index is 13.2. The molecule has 0 radical (unpaired) electrons. The van der Waals surface area contributed by atoms with Crippen molar-refractivity contribution in [3.63, 3.8) is 0 Å². The van der Waals surface area contributed by atoms with Crippen LogP contribution < -0.4 is 0 Å². The molecule has 0 atom stereocenters. The molecule has 36 heavy (non-hydrogen) atoms. The number of piperidine rings is 1. The maximum Gasteiger partial charge on any atom is 0.416 e. The standard InChI is InChI=1S/C27H30F3N3O3/c1-2-33-19-26(36-25(33)34)9-12-32(13-10-26)11-4-14-35-18-22-8-7-20(17-31)15-24(22)21-5-3-6-23(16-21)27(28,29)30/h3,5-8,15-16H,2,4,9-14,18-19H2,1H3. The van der Waals surface area contributed by atoms with Crippen LogP contribution in [0.25, 0.3) is 11.1 Å². The molecule has 0 saturated carbocycles. The first-order valence-corrected chi connectivity index (χ1v) is 12.2. The van der Waals surface area contributed by atoms with Gasteiger partial charge in [-0.3, -0.25) is 0 Å². The molecule has 2 saturated heterocycles. The van der Waals surface area contributed by atoms with E-state index < -0.39 is 11.7 Å². The van der Waals surface area contributed by atoms with E-state index in [2.05, 4.69) is 4.90 Å². The number of likely N-dealkylation sites (N-methyl/N-ethyl adjacent to an activating group) is 1. The number of likely N-dealkylation sites (tertiary alicyclic amines) is 1. The Kier molecular flexibility index (Phi) is 7.86. The Labute approximate surface area is 209 Å². The summed E-state index contributed by atoms with van der Waals surface area (Å²) in [5.41, 5.74) is 0.994. The number of halogens is 3. The highest BCUT2D eigenvalue weighted by atomic mass is 19.4. The molecule has 6 nitrogen and oxygen atoms in total. The summed E-state index contributed by atoms with van der Waals surface area (Å²) in [6, 6.07) is 12.2. The highest BCUT2D eigenvalue weighted by Crippen LogP contribution is 2.34. The van der Waals surface area contributed by atoms with Crippen LogP contribution in [0.5, 0.6) is 0 Å². The number of benzene rings is 2. The van der Waals surface area contributed by atoms with Crippen molar-refractivity contribution in [2.75, 3.05) is 39.3 Å². The minimum atomic E-state index is -4.44. The monoisotopic (exact) mass is 501 g/mol. The highest BCUT2D eigenvalue weighted by Gasteiger charge is 2.46. The number of rotatable bonds is 8. The topological polar surface area (TPSA) is 65.8 Å². The van der Waals surface area contributed by atoms with Gasteiger partial charge >= 0.3 is 12.3 Å². The van der Waals surface area contributed by atoms with E-state index in [9.17, 15) is 23.2 Å². The summed E-state index contributed by atoms with van der Waals surface area (Å²) >= 11 is 0. The molecule has 2 heterocycles. The van der Waals surface area contributed by atoms with Gasteiger partial charge in [0.05, 0.1) is 30.3 Å². The molecule has 1 spiro atoms. The van der Waals surface area contributed by atoms with Gasteiger partial charge in [0.15, 0.2) is 0 Å². The summed E-state index contributed by atoms with van der Waals surface area (Å²) in [7, 11) is 0. The van der Waals surface area contributed by atoms with E-state index in [0.29, 0.717) is 36.4 Å². The van der Waals surface area contributed by atoms with Crippen LogP contribution in [0.4, 0.5) is 18.0 Å². The van der Waals surface area contributed by atoms with Crippen LogP contribution in [-0.4, -0.2) is 60.8 Å². The number of nitriles is 1. The Hall–Kier alpha value is -3.09. The molecule has 2 aliphatic heterocycles. The molecule has 0 N–H and O–H groups in total. The molecule has 1 amide bonds. The Morgan fingerprint density at radius 2 is 1.94 bits per heavy atom. The number of ether oxygens (including phenoxy) is 2. The predicted molar refractivity (Wildman–Crippen MR) is 128 cm³/mol. The van der Waals surface area contributed by atoms with Gasteiger partial charge in [-0.15, -0.1) is 0 Å². The summed E-state index contributed by atoms with van der Waals surface area (Å²) < 4.78 is 51.2. The summed E-state index contributed by atoms with van der Waals surface area (Å²) in [6.07, 6.45) is -2.21. The third-order valence-corrected chi connectivity index (χ3v) is 6.95. The van der Waals surface area contributed by atoms with E-state index in [1.165, 1.54) is 6.07 Å². The van der Waals surface area contributed by atoms with E-state index in [4.69, 9.17) is 9.47 Å². The fourth-order valence-corrected chi connectivity index (χ4v) is 4.86. The minimum absolute atomic E-state index is 0.216. The smallest absolute Gasteiger partial charge is 0.416 e. The molecule has 9 heteroatoms. The zero-order valence-corrected chi connectivity index (χ0v) is 20.3. The summed E-state index contributed by atoms with van der Waals surface area (Å²) in [4.78, 5) is 16.0. The van der Waals surface area contributed by atoms with Crippen molar-refractivity contribution in [3.05, 3.63) is 59.2 Å². The second-order valence-electron chi connectivity index (χ2n) is 9.38. The molecular formula is C27H30F3N3O3. The third-order valence-electron chi connectivity index (χ3n) is 6.95. The summed E-state index contributed by atoms with van der Waals surface area (Å²) in [5, 5.41) is 9.27. The van der Waals surface area contributed by atoms with Gasteiger partial charge in [-0.1, -0.05) is 18.2 Å². The molecule has 2 fully saturated rings. The lowest BCUT2D eigenvalue weighted by molar-refractivity contribution is -0.137. The molecule has 0 aliphatic carbocycles. The van der Waals surface area contributed by atoms with Crippen molar-refractivity contribution in [2.45, 2.75) is 44.6 Å². The number of carbonyl (C=O) groups is 1. The van der Waals surface area contributed by atoms with Crippen LogP contribution in [-0.2, 0) is 22.3 Å². The molecule has 2 aromatic carbocycles. The van der Waals surface area contributed by atoms with E-state index >= 15 is 0 Å². The molecule has 0 bridgehead atoms. The van der Waals surface area contributed by atoms with Gasteiger partial charge in [-0.05, 0) is 54.3 Å². The van der Waals surface area contributed by atoms with E-state index in [1.807, 2.05) is 13.0 Å².